The second-order valence-corrected chi connectivity index (χ2v) is 8.05. The van der Waals surface area contributed by atoms with Crippen LogP contribution in [0.2, 0.25) is 0 Å². The van der Waals surface area contributed by atoms with Crippen LogP contribution in [-0.2, 0) is 30.9 Å². The Hall–Kier alpha value is -3.82. The topological polar surface area (TPSA) is 71.1 Å². The summed E-state index contributed by atoms with van der Waals surface area (Å²) in [4.78, 5) is 21.9. The van der Waals surface area contributed by atoms with Crippen LogP contribution in [0.4, 0.5) is 17.6 Å². The molecule has 0 amide bonds. The lowest BCUT2D eigenvalue weighted by molar-refractivity contribution is -0.223. The highest BCUT2D eigenvalue weighted by Gasteiger charge is 2.58. The van der Waals surface area contributed by atoms with E-state index in [9.17, 15) is 27.2 Å². The number of carbonyl (C=O) groups excluding carboxylic acids is 2. The molecule has 0 aromatic heterocycles. The van der Waals surface area contributed by atoms with Crippen molar-refractivity contribution in [1.82, 2.24) is 0 Å². The van der Waals surface area contributed by atoms with Crippen molar-refractivity contribution in [1.29, 1.82) is 0 Å². The van der Waals surface area contributed by atoms with E-state index in [-0.39, 0.29) is 37.9 Å². The molecule has 2 aromatic rings. The molecular weight excluding hydrogens is 508 g/mol. The van der Waals surface area contributed by atoms with Crippen molar-refractivity contribution in [3.63, 3.8) is 0 Å². The van der Waals surface area contributed by atoms with E-state index in [0.717, 1.165) is 36.4 Å². The Labute approximate surface area is 218 Å². The van der Waals surface area contributed by atoms with Crippen LogP contribution in [0, 0.1) is 0 Å². The minimum atomic E-state index is -4.48. The molecule has 0 aliphatic rings. The molecule has 2 aromatic carbocycles. The van der Waals surface area contributed by atoms with Crippen LogP contribution in [0.5, 0.6) is 11.5 Å². The molecule has 0 atom stereocenters. The monoisotopic (exact) mass is 538 g/mol. The molecule has 0 saturated heterocycles. The van der Waals surface area contributed by atoms with E-state index in [1.807, 2.05) is 0 Å². The molecule has 0 fully saturated rings. The highest BCUT2D eigenvalue weighted by Crippen LogP contribution is 2.49. The van der Waals surface area contributed by atoms with Crippen LogP contribution in [0.15, 0.2) is 73.8 Å². The quantitative estimate of drug-likeness (QED) is 0.101. The summed E-state index contributed by atoms with van der Waals surface area (Å²) in [6, 6.07) is 8.41. The van der Waals surface area contributed by atoms with Crippen LogP contribution in [0.25, 0.3) is 0 Å². The van der Waals surface area contributed by atoms with Gasteiger partial charge in [-0.2, -0.15) is 17.6 Å². The fraction of sp³-hybridized carbons (Fsp3) is 0.357. The first-order chi connectivity index (χ1) is 18.1. The van der Waals surface area contributed by atoms with E-state index >= 15 is 0 Å². The third kappa shape index (κ3) is 8.93. The van der Waals surface area contributed by atoms with E-state index in [4.69, 9.17) is 18.9 Å². The zero-order chi connectivity index (χ0) is 28.0. The van der Waals surface area contributed by atoms with E-state index in [2.05, 4.69) is 13.2 Å². The molecule has 0 bridgehead atoms. The molecule has 206 valence electrons. The maximum atomic E-state index is 14.8. The summed E-state index contributed by atoms with van der Waals surface area (Å²) in [6.45, 7) is 7.41. The van der Waals surface area contributed by atoms with Gasteiger partial charge in [0.15, 0.2) is 0 Å². The predicted molar refractivity (Wildman–Crippen MR) is 132 cm³/mol. The summed E-state index contributed by atoms with van der Waals surface area (Å²) < 4.78 is 79.8. The van der Waals surface area contributed by atoms with Crippen LogP contribution in [0.1, 0.15) is 36.8 Å². The third-order valence-corrected chi connectivity index (χ3v) is 5.26. The third-order valence-electron chi connectivity index (χ3n) is 5.26. The number of esters is 2. The van der Waals surface area contributed by atoms with Crippen LogP contribution >= 0.6 is 0 Å². The minimum absolute atomic E-state index is 0.191. The maximum Gasteiger partial charge on any atom is 0.339 e. The second kappa shape index (κ2) is 14.8. The molecule has 0 heterocycles. The van der Waals surface area contributed by atoms with Crippen LogP contribution in [0.3, 0.4) is 0 Å². The summed E-state index contributed by atoms with van der Waals surface area (Å²) >= 11 is 0. The fourth-order valence-electron chi connectivity index (χ4n) is 3.14. The van der Waals surface area contributed by atoms with Crippen molar-refractivity contribution in [2.45, 2.75) is 37.5 Å². The average molecular weight is 539 g/mol. The number of hydrogen-bond donors (Lipinski definition) is 0. The lowest BCUT2D eigenvalue weighted by Gasteiger charge is -2.27. The van der Waals surface area contributed by atoms with Crippen LogP contribution in [-0.4, -0.2) is 38.4 Å². The van der Waals surface area contributed by atoms with Gasteiger partial charge in [0.1, 0.15) is 11.5 Å². The Morgan fingerprint density at radius 2 is 0.921 bits per heavy atom. The summed E-state index contributed by atoms with van der Waals surface area (Å²) in [5.41, 5.74) is -1.72. The molecule has 38 heavy (non-hydrogen) atoms. The molecular formula is C28H30F4O6. The van der Waals surface area contributed by atoms with Gasteiger partial charge in [0, 0.05) is 23.3 Å². The van der Waals surface area contributed by atoms with E-state index in [0.29, 0.717) is 25.7 Å². The lowest BCUT2D eigenvalue weighted by Crippen LogP contribution is -2.35. The van der Waals surface area contributed by atoms with Crippen molar-refractivity contribution in [3.05, 3.63) is 85.0 Å². The van der Waals surface area contributed by atoms with Gasteiger partial charge in [0.05, 0.1) is 26.4 Å². The number of benzene rings is 2. The molecule has 0 unspecified atom stereocenters. The second-order valence-electron chi connectivity index (χ2n) is 8.05. The summed E-state index contributed by atoms with van der Waals surface area (Å²) in [5.74, 6) is -9.52. The predicted octanol–water partition coefficient (Wildman–Crippen LogP) is 6.35. The maximum absolute atomic E-state index is 14.8. The van der Waals surface area contributed by atoms with Crippen molar-refractivity contribution in [2.24, 2.45) is 0 Å². The first-order valence-electron chi connectivity index (χ1n) is 11.9. The van der Waals surface area contributed by atoms with Crippen molar-refractivity contribution >= 4 is 11.9 Å². The summed E-state index contributed by atoms with van der Waals surface area (Å²) in [5, 5.41) is 0. The average Bonchev–Trinajstić information content (AvgIpc) is 2.92. The Morgan fingerprint density at radius 1 is 0.605 bits per heavy atom. The highest BCUT2D eigenvalue weighted by atomic mass is 19.3. The Morgan fingerprint density at radius 3 is 1.24 bits per heavy atom. The molecule has 0 aliphatic carbocycles. The molecule has 0 saturated carbocycles. The van der Waals surface area contributed by atoms with Gasteiger partial charge in [-0.1, -0.05) is 13.2 Å². The summed E-state index contributed by atoms with van der Waals surface area (Å²) in [6.07, 6.45) is 4.23. The Bertz CT molecular complexity index is 967. The number of carbonyl (C=O) groups is 2. The smallest absolute Gasteiger partial charge is 0.339 e. The van der Waals surface area contributed by atoms with Gasteiger partial charge in [0.2, 0.25) is 0 Å². The normalized spacial score (nSPS) is 11.4. The SMILES string of the molecule is C=CC(=O)OCCCCOc1ccc(C(F)(F)C(F)(F)c2ccc(OCCCCOC(=O)C=C)cc2)cc1. The fourth-order valence-corrected chi connectivity index (χ4v) is 3.14. The lowest BCUT2D eigenvalue weighted by atomic mass is 9.96. The van der Waals surface area contributed by atoms with Gasteiger partial charge in [-0.3, -0.25) is 0 Å². The minimum Gasteiger partial charge on any atom is -0.494 e. The zero-order valence-electron chi connectivity index (χ0n) is 20.8. The van der Waals surface area contributed by atoms with Gasteiger partial charge in [-0.15, -0.1) is 0 Å². The molecule has 6 nitrogen and oxygen atoms in total. The molecule has 2 rings (SSSR count). The number of halogens is 4. The highest BCUT2D eigenvalue weighted by molar-refractivity contribution is 5.81. The molecule has 0 spiro atoms. The number of unbranched alkanes of at least 4 members (excludes halogenated alkanes) is 2. The largest absolute Gasteiger partial charge is 0.494 e. The first-order valence-corrected chi connectivity index (χ1v) is 11.9. The Balaban J connectivity index is 1.86. The van der Waals surface area contributed by atoms with E-state index < -0.39 is 34.9 Å². The zero-order valence-corrected chi connectivity index (χ0v) is 20.8. The van der Waals surface area contributed by atoms with Gasteiger partial charge < -0.3 is 18.9 Å². The van der Waals surface area contributed by atoms with Crippen LogP contribution < -0.4 is 9.47 Å². The van der Waals surface area contributed by atoms with Crippen molar-refractivity contribution in [3.8, 4) is 11.5 Å². The summed E-state index contributed by atoms with van der Waals surface area (Å²) in [7, 11) is 0. The molecule has 10 heteroatoms. The first kappa shape index (κ1) is 30.4. The van der Waals surface area contributed by atoms with Gasteiger partial charge >= 0.3 is 23.8 Å². The van der Waals surface area contributed by atoms with E-state index in [1.165, 1.54) is 24.3 Å². The molecule has 0 aliphatic heterocycles. The number of alkyl halides is 4. The molecule has 0 radical (unpaired) electrons. The standard InChI is InChI=1S/C28H30F4O6/c1-3-25(33)37-19-7-5-17-35-23-13-9-21(10-14-23)27(29,30)28(31,32)22-11-15-24(16-12-22)36-18-6-8-20-38-26(34)4-2/h3-4,9-16H,1-2,5-8,17-20H2. The van der Waals surface area contributed by atoms with Gasteiger partial charge in [-0.25, -0.2) is 9.59 Å². The van der Waals surface area contributed by atoms with E-state index in [1.54, 1.807) is 0 Å². The number of ether oxygens (including phenoxy) is 4. The van der Waals surface area contributed by atoms with Crippen molar-refractivity contribution < 1.29 is 46.1 Å². The van der Waals surface area contributed by atoms with Crippen molar-refractivity contribution in [2.75, 3.05) is 26.4 Å². The van der Waals surface area contributed by atoms with Gasteiger partial charge in [0.25, 0.3) is 0 Å². The number of rotatable bonds is 17. The number of hydrogen-bond acceptors (Lipinski definition) is 6. The Kier molecular flexibility index (Phi) is 11.8. The van der Waals surface area contributed by atoms with Gasteiger partial charge in [-0.05, 0) is 74.2 Å². The molecule has 0 N–H and O–H groups in total.